The van der Waals surface area contributed by atoms with Crippen LogP contribution in [0.15, 0.2) is 53.5 Å². The number of carbonyl (C=O) groups excluding carboxylic acids is 1. The van der Waals surface area contributed by atoms with E-state index in [0.717, 1.165) is 36.9 Å². The van der Waals surface area contributed by atoms with Crippen molar-refractivity contribution in [1.29, 1.82) is 0 Å². The molecule has 0 spiro atoms. The van der Waals surface area contributed by atoms with Crippen molar-refractivity contribution in [1.82, 2.24) is 10.2 Å². The van der Waals surface area contributed by atoms with Crippen LogP contribution in [0.1, 0.15) is 74.8 Å². The molecule has 1 aliphatic carbocycles. The van der Waals surface area contributed by atoms with Gasteiger partial charge in [-0.1, -0.05) is 45.0 Å². The number of para-hydroxylation sites is 2. The molecule has 2 aliphatic rings. The SMILES string of the molecule is COc1ccccc1/N=C1\OCC(c2ccc(C(=O)NCCC(=O)O)cc2)N1C1CCC(C(C)(C)C)CC1. The van der Waals surface area contributed by atoms with Crippen molar-refractivity contribution in [3.8, 4) is 5.75 Å². The van der Waals surface area contributed by atoms with Gasteiger partial charge in [0.05, 0.1) is 19.6 Å². The second-order valence-electron chi connectivity index (χ2n) is 11.2. The van der Waals surface area contributed by atoms with Crippen LogP contribution in [0, 0.1) is 11.3 Å². The number of nitrogens with one attached hydrogen (secondary N) is 1. The summed E-state index contributed by atoms with van der Waals surface area (Å²) in [6, 6.07) is 16.1. The van der Waals surface area contributed by atoms with E-state index in [1.165, 1.54) is 0 Å². The van der Waals surface area contributed by atoms with Crippen molar-refractivity contribution < 1.29 is 24.2 Å². The van der Waals surface area contributed by atoms with Gasteiger partial charge >= 0.3 is 5.97 Å². The van der Waals surface area contributed by atoms with Gasteiger partial charge in [-0.15, -0.1) is 0 Å². The average molecular weight is 522 g/mol. The molecule has 0 aromatic heterocycles. The normalized spacial score (nSPS) is 22.7. The summed E-state index contributed by atoms with van der Waals surface area (Å²) >= 11 is 0. The first-order valence-electron chi connectivity index (χ1n) is 13.4. The molecule has 2 fully saturated rings. The zero-order valence-corrected chi connectivity index (χ0v) is 22.8. The topological polar surface area (TPSA) is 100 Å². The van der Waals surface area contributed by atoms with Gasteiger partial charge in [-0.05, 0) is 66.8 Å². The van der Waals surface area contributed by atoms with Crippen molar-refractivity contribution in [3.05, 3.63) is 59.7 Å². The number of rotatable bonds is 8. The van der Waals surface area contributed by atoms with Crippen molar-refractivity contribution in [2.24, 2.45) is 16.3 Å². The van der Waals surface area contributed by atoms with Gasteiger partial charge < -0.3 is 24.8 Å². The number of amidine groups is 1. The number of carboxylic acids is 1. The fourth-order valence-electron chi connectivity index (χ4n) is 5.49. The molecule has 204 valence electrons. The first-order chi connectivity index (χ1) is 18.2. The van der Waals surface area contributed by atoms with Gasteiger partial charge in [-0.3, -0.25) is 9.59 Å². The van der Waals surface area contributed by atoms with Crippen LogP contribution in [-0.2, 0) is 9.53 Å². The minimum absolute atomic E-state index is 0.0243. The average Bonchev–Trinajstić information content (AvgIpc) is 3.31. The second kappa shape index (κ2) is 11.9. The number of aliphatic carboxylic acids is 1. The van der Waals surface area contributed by atoms with Gasteiger partial charge in [0, 0.05) is 18.2 Å². The number of aliphatic imine (C=N–C) groups is 1. The highest BCUT2D eigenvalue weighted by molar-refractivity contribution is 5.94. The summed E-state index contributed by atoms with van der Waals surface area (Å²) in [7, 11) is 1.64. The molecule has 4 rings (SSSR count). The Kier molecular flexibility index (Phi) is 8.59. The molecule has 38 heavy (non-hydrogen) atoms. The van der Waals surface area contributed by atoms with Crippen LogP contribution in [0.25, 0.3) is 0 Å². The predicted octanol–water partition coefficient (Wildman–Crippen LogP) is 5.57. The monoisotopic (exact) mass is 521 g/mol. The summed E-state index contributed by atoms with van der Waals surface area (Å²) in [5, 5.41) is 11.5. The van der Waals surface area contributed by atoms with Crippen LogP contribution in [0.5, 0.6) is 5.75 Å². The van der Waals surface area contributed by atoms with E-state index in [2.05, 4.69) is 31.0 Å². The molecule has 1 heterocycles. The molecule has 2 aromatic carbocycles. The third-order valence-electron chi connectivity index (χ3n) is 7.73. The summed E-state index contributed by atoms with van der Waals surface area (Å²) in [6.45, 7) is 7.55. The fraction of sp³-hybridized carbons (Fsp3) is 0.500. The molecule has 1 amide bonds. The number of carboxylic acid groups (broad SMARTS) is 1. The van der Waals surface area contributed by atoms with E-state index < -0.39 is 5.97 Å². The summed E-state index contributed by atoms with van der Waals surface area (Å²) in [6.07, 6.45) is 4.35. The van der Waals surface area contributed by atoms with E-state index in [0.29, 0.717) is 41.3 Å². The van der Waals surface area contributed by atoms with Crippen LogP contribution in [-0.4, -0.2) is 54.2 Å². The van der Waals surface area contributed by atoms with E-state index >= 15 is 0 Å². The Balaban J connectivity index is 1.57. The number of hydrogen-bond acceptors (Lipinski definition) is 5. The van der Waals surface area contributed by atoms with E-state index in [-0.39, 0.29) is 24.9 Å². The van der Waals surface area contributed by atoms with Gasteiger partial charge in [-0.25, -0.2) is 0 Å². The van der Waals surface area contributed by atoms with Crippen LogP contribution < -0.4 is 10.1 Å². The quantitative estimate of drug-likeness (QED) is 0.471. The van der Waals surface area contributed by atoms with Crippen LogP contribution in [0.3, 0.4) is 0 Å². The lowest BCUT2D eigenvalue weighted by Crippen LogP contribution is -2.42. The van der Waals surface area contributed by atoms with E-state index in [1.807, 2.05) is 36.4 Å². The third kappa shape index (κ3) is 6.47. The lowest BCUT2D eigenvalue weighted by molar-refractivity contribution is -0.136. The summed E-state index contributed by atoms with van der Waals surface area (Å²) < 4.78 is 11.7. The maximum atomic E-state index is 12.4. The lowest BCUT2D eigenvalue weighted by atomic mass is 9.71. The number of methoxy groups -OCH3 is 1. The molecule has 2 aromatic rings. The Morgan fingerprint density at radius 3 is 2.39 bits per heavy atom. The van der Waals surface area contributed by atoms with E-state index in [9.17, 15) is 9.59 Å². The van der Waals surface area contributed by atoms with Crippen molar-refractivity contribution in [2.45, 2.75) is 65.0 Å². The molecule has 1 aliphatic heterocycles. The number of benzene rings is 2. The molecule has 1 saturated heterocycles. The Morgan fingerprint density at radius 1 is 1.08 bits per heavy atom. The van der Waals surface area contributed by atoms with Crippen molar-refractivity contribution in [2.75, 3.05) is 20.3 Å². The second-order valence-corrected chi connectivity index (χ2v) is 11.2. The van der Waals surface area contributed by atoms with Crippen molar-refractivity contribution >= 4 is 23.6 Å². The van der Waals surface area contributed by atoms with Crippen LogP contribution >= 0.6 is 0 Å². The van der Waals surface area contributed by atoms with Gasteiger partial charge in [0.15, 0.2) is 0 Å². The van der Waals surface area contributed by atoms with Gasteiger partial charge in [0.2, 0.25) is 0 Å². The number of carbonyl (C=O) groups is 2. The number of nitrogens with zero attached hydrogens (tertiary/aromatic N) is 2. The molecule has 0 radical (unpaired) electrons. The summed E-state index contributed by atoms with van der Waals surface area (Å²) in [5.74, 6) is 0.163. The largest absolute Gasteiger partial charge is 0.494 e. The number of amides is 1. The standard InChI is InChI=1S/C30H39N3O5/c1-30(2,3)22-13-15-23(16-14-22)33-25(19-38-29(33)32-24-7-5-6-8-26(24)37-4)20-9-11-21(12-10-20)28(36)31-18-17-27(34)35/h5-12,22-23,25H,13-19H2,1-4H3,(H,31,36)(H,34,35)/b32-29-. The van der Waals surface area contributed by atoms with Gasteiger partial charge in [0.25, 0.3) is 11.9 Å². The summed E-state index contributed by atoms with van der Waals surface area (Å²) in [5.41, 5.74) is 2.57. The third-order valence-corrected chi connectivity index (χ3v) is 7.73. The molecule has 8 heteroatoms. The number of hydrogen-bond donors (Lipinski definition) is 2. The Labute approximate surface area is 225 Å². The molecule has 8 nitrogen and oxygen atoms in total. The molecule has 1 unspecified atom stereocenters. The smallest absolute Gasteiger partial charge is 0.305 e. The lowest BCUT2D eigenvalue weighted by Gasteiger charge is -2.41. The predicted molar refractivity (Wildman–Crippen MR) is 147 cm³/mol. The van der Waals surface area contributed by atoms with Gasteiger partial charge in [-0.2, -0.15) is 4.99 Å². The van der Waals surface area contributed by atoms with Gasteiger partial charge in [0.1, 0.15) is 18.0 Å². The zero-order chi connectivity index (χ0) is 27.3. The highest BCUT2D eigenvalue weighted by Crippen LogP contribution is 2.42. The summed E-state index contributed by atoms with van der Waals surface area (Å²) in [4.78, 5) is 30.4. The molecule has 0 bridgehead atoms. The first kappa shape index (κ1) is 27.5. The van der Waals surface area contributed by atoms with E-state index in [4.69, 9.17) is 19.6 Å². The molecular formula is C30H39N3O5. The van der Waals surface area contributed by atoms with Crippen LogP contribution in [0.2, 0.25) is 0 Å². The fourth-order valence-corrected chi connectivity index (χ4v) is 5.49. The van der Waals surface area contributed by atoms with Crippen molar-refractivity contribution in [3.63, 3.8) is 0 Å². The minimum atomic E-state index is -0.941. The highest BCUT2D eigenvalue weighted by atomic mass is 16.5. The maximum absolute atomic E-state index is 12.4. The van der Waals surface area contributed by atoms with E-state index in [1.54, 1.807) is 19.2 Å². The Morgan fingerprint density at radius 2 is 1.76 bits per heavy atom. The molecular weight excluding hydrogens is 482 g/mol. The minimum Gasteiger partial charge on any atom is -0.494 e. The maximum Gasteiger partial charge on any atom is 0.305 e. The molecule has 2 N–H and O–H groups in total. The van der Waals surface area contributed by atoms with Crippen LogP contribution in [0.4, 0.5) is 5.69 Å². The Hall–Kier alpha value is -3.55. The molecule has 1 saturated carbocycles. The first-order valence-corrected chi connectivity index (χ1v) is 13.4. The zero-order valence-electron chi connectivity index (χ0n) is 22.8. The number of ether oxygens (including phenoxy) is 2. The highest BCUT2D eigenvalue weighted by Gasteiger charge is 2.40. The molecule has 1 atom stereocenters. The Bertz CT molecular complexity index is 1150.